The SMILES string of the molecule is O=C(COC(=O)c1ccccc1N1C(=O)[C@@H]2[C@@H](C1=O)[C@H]1C=C[C@H]2C1)c1ccc(Br)cc1. The predicted molar refractivity (Wildman–Crippen MR) is 115 cm³/mol. The van der Waals surface area contributed by atoms with E-state index >= 15 is 0 Å². The number of para-hydroxylation sites is 1. The predicted octanol–water partition coefficient (Wildman–Crippen LogP) is 3.80. The normalized spacial score (nSPS) is 25.8. The topological polar surface area (TPSA) is 80.8 Å². The molecule has 2 bridgehead atoms. The van der Waals surface area contributed by atoms with Crippen molar-refractivity contribution in [1.29, 1.82) is 0 Å². The van der Waals surface area contributed by atoms with Crippen molar-refractivity contribution in [2.45, 2.75) is 6.42 Å². The number of fused-ring (bicyclic) bond motifs is 5. The highest BCUT2D eigenvalue weighted by molar-refractivity contribution is 9.10. The number of rotatable bonds is 5. The Labute approximate surface area is 187 Å². The Morgan fingerprint density at radius 2 is 1.55 bits per heavy atom. The molecule has 2 aromatic rings. The number of imide groups is 1. The number of ketones is 1. The smallest absolute Gasteiger partial charge is 0.340 e. The van der Waals surface area contributed by atoms with Crippen LogP contribution in [0.4, 0.5) is 5.69 Å². The largest absolute Gasteiger partial charge is 0.454 e. The molecule has 1 heterocycles. The van der Waals surface area contributed by atoms with Crippen LogP contribution in [0.3, 0.4) is 0 Å². The van der Waals surface area contributed by atoms with Gasteiger partial charge in [-0.2, -0.15) is 0 Å². The zero-order valence-electron chi connectivity index (χ0n) is 16.4. The van der Waals surface area contributed by atoms with Crippen molar-refractivity contribution < 1.29 is 23.9 Å². The lowest BCUT2D eigenvalue weighted by molar-refractivity contribution is -0.123. The van der Waals surface area contributed by atoms with Gasteiger partial charge in [0.05, 0.1) is 23.1 Å². The van der Waals surface area contributed by atoms with Gasteiger partial charge in [-0.1, -0.05) is 52.3 Å². The number of esters is 1. The molecule has 0 aromatic heterocycles. The van der Waals surface area contributed by atoms with E-state index in [2.05, 4.69) is 15.9 Å². The van der Waals surface area contributed by atoms with E-state index in [9.17, 15) is 19.2 Å². The van der Waals surface area contributed by atoms with E-state index in [1.54, 1.807) is 42.5 Å². The Bertz CT molecular complexity index is 1110. The molecule has 2 aromatic carbocycles. The molecule has 1 saturated carbocycles. The molecule has 3 aliphatic rings. The summed E-state index contributed by atoms with van der Waals surface area (Å²) in [4.78, 5) is 52.4. The highest BCUT2D eigenvalue weighted by Gasteiger charge is 2.59. The second kappa shape index (κ2) is 7.57. The number of allylic oxidation sites excluding steroid dienone is 2. The monoisotopic (exact) mass is 479 g/mol. The summed E-state index contributed by atoms with van der Waals surface area (Å²) in [7, 11) is 0. The van der Waals surface area contributed by atoms with Crippen molar-refractivity contribution in [1.82, 2.24) is 0 Å². The fraction of sp³-hybridized carbons (Fsp3) is 0.250. The molecular weight excluding hydrogens is 462 g/mol. The van der Waals surface area contributed by atoms with Crippen LogP contribution in [0.2, 0.25) is 0 Å². The first-order chi connectivity index (χ1) is 15.0. The highest BCUT2D eigenvalue weighted by atomic mass is 79.9. The van der Waals surface area contributed by atoms with E-state index in [0.29, 0.717) is 5.56 Å². The van der Waals surface area contributed by atoms with Crippen LogP contribution in [0.15, 0.2) is 65.2 Å². The van der Waals surface area contributed by atoms with Gasteiger partial charge >= 0.3 is 5.97 Å². The molecule has 7 heteroatoms. The number of benzene rings is 2. The summed E-state index contributed by atoms with van der Waals surface area (Å²) in [5.41, 5.74) is 0.727. The number of amides is 2. The van der Waals surface area contributed by atoms with Crippen LogP contribution in [-0.2, 0) is 14.3 Å². The number of anilines is 1. The van der Waals surface area contributed by atoms with Gasteiger partial charge < -0.3 is 4.74 Å². The third kappa shape index (κ3) is 3.24. The molecule has 156 valence electrons. The first kappa shape index (κ1) is 19.9. The fourth-order valence-corrected chi connectivity index (χ4v) is 5.17. The molecule has 31 heavy (non-hydrogen) atoms. The van der Waals surface area contributed by atoms with Crippen molar-refractivity contribution >= 4 is 45.2 Å². The minimum atomic E-state index is -0.750. The molecule has 0 spiro atoms. The molecule has 0 radical (unpaired) electrons. The number of hydrogen-bond acceptors (Lipinski definition) is 5. The van der Waals surface area contributed by atoms with Crippen molar-refractivity contribution in [3.63, 3.8) is 0 Å². The van der Waals surface area contributed by atoms with E-state index in [4.69, 9.17) is 4.74 Å². The van der Waals surface area contributed by atoms with Crippen molar-refractivity contribution in [2.24, 2.45) is 23.7 Å². The number of nitrogens with zero attached hydrogens (tertiary/aromatic N) is 1. The molecule has 6 nitrogen and oxygen atoms in total. The fourth-order valence-electron chi connectivity index (χ4n) is 4.91. The van der Waals surface area contributed by atoms with Gasteiger partial charge in [-0.3, -0.25) is 14.4 Å². The molecular formula is C24H18BrNO5. The summed E-state index contributed by atoms with van der Waals surface area (Å²) in [6.45, 7) is -0.435. The molecule has 1 aliphatic heterocycles. The summed E-state index contributed by atoms with van der Waals surface area (Å²) in [6.07, 6.45) is 4.88. The molecule has 0 unspecified atom stereocenters. The summed E-state index contributed by atoms with van der Waals surface area (Å²) in [5, 5.41) is 0. The zero-order valence-corrected chi connectivity index (χ0v) is 17.9. The average molecular weight is 480 g/mol. The number of Topliss-reactive ketones (excluding diaryl/α,β-unsaturated/α-hetero) is 1. The second-order valence-electron chi connectivity index (χ2n) is 8.04. The quantitative estimate of drug-likeness (QED) is 0.282. The molecule has 0 N–H and O–H groups in total. The van der Waals surface area contributed by atoms with Gasteiger partial charge in [-0.15, -0.1) is 0 Å². The summed E-state index contributed by atoms with van der Waals surface area (Å²) in [5.74, 6) is -2.17. The van der Waals surface area contributed by atoms with E-state index in [1.165, 1.54) is 6.07 Å². The lowest BCUT2D eigenvalue weighted by atomic mass is 9.85. The Balaban J connectivity index is 1.35. The standard InChI is InChI=1S/C24H18BrNO5/c25-16-9-7-13(8-10-16)19(27)12-31-24(30)17-3-1-2-4-18(17)26-22(28)20-14-5-6-15(11-14)21(20)23(26)29/h1-10,14-15,20-21H,11-12H2/t14-,15-,20-,21-/m0/s1. The number of ether oxygens (including phenoxy) is 1. The van der Waals surface area contributed by atoms with Crippen LogP contribution < -0.4 is 4.90 Å². The van der Waals surface area contributed by atoms with Crippen LogP contribution in [0.1, 0.15) is 27.1 Å². The van der Waals surface area contributed by atoms with Gasteiger partial charge in [0.1, 0.15) is 0 Å². The molecule has 2 fully saturated rings. The lowest BCUT2D eigenvalue weighted by Gasteiger charge is -2.19. The zero-order chi connectivity index (χ0) is 21.7. The maximum absolute atomic E-state index is 13.1. The van der Waals surface area contributed by atoms with Gasteiger partial charge in [-0.25, -0.2) is 9.69 Å². The Kier molecular flexibility index (Phi) is 4.85. The first-order valence-electron chi connectivity index (χ1n) is 10.1. The first-order valence-corrected chi connectivity index (χ1v) is 10.9. The summed E-state index contributed by atoms with van der Waals surface area (Å²) in [6, 6.07) is 13.1. The second-order valence-corrected chi connectivity index (χ2v) is 8.95. The van der Waals surface area contributed by atoms with Gasteiger partial charge in [0.15, 0.2) is 12.4 Å². The average Bonchev–Trinajstić information content (AvgIpc) is 3.46. The van der Waals surface area contributed by atoms with Gasteiger partial charge in [0, 0.05) is 10.0 Å². The number of carbonyl (C=O) groups is 4. The Morgan fingerprint density at radius 1 is 0.935 bits per heavy atom. The summed E-state index contributed by atoms with van der Waals surface area (Å²) < 4.78 is 6.07. The van der Waals surface area contributed by atoms with Crippen molar-refractivity contribution in [2.75, 3.05) is 11.5 Å². The third-order valence-corrected chi connectivity index (χ3v) is 6.86. The van der Waals surface area contributed by atoms with Crippen molar-refractivity contribution in [3.8, 4) is 0 Å². The molecule has 5 rings (SSSR count). The maximum Gasteiger partial charge on any atom is 0.340 e. The Hall–Kier alpha value is -3.06. The van der Waals surface area contributed by atoms with E-state index in [-0.39, 0.29) is 52.5 Å². The van der Waals surface area contributed by atoms with Crippen LogP contribution in [0.5, 0.6) is 0 Å². The molecule has 4 atom stereocenters. The minimum absolute atomic E-state index is 0.0825. The number of halogens is 1. The van der Waals surface area contributed by atoms with E-state index in [1.807, 2.05) is 12.2 Å². The van der Waals surface area contributed by atoms with E-state index < -0.39 is 12.6 Å². The van der Waals surface area contributed by atoms with Gasteiger partial charge in [0.25, 0.3) is 0 Å². The van der Waals surface area contributed by atoms with Gasteiger partial charge in [-0.05, 0) is 42.5 Å². The van der Waals surface area contributed by atoms with Gasteiger partial charge in [0.2, 0.25) is 11.8 Å². The summed E-state index contributed by atoms with van der Waals surface area (Å²) >= 11 is 3.31. The van der Waals surface area contributed by atoms with Crippen LogP contribution in [0.25, 0.3) is 0 Å². The number of hydrogen-bond donors (Lipinski definition) is 0. The van der Waals surface area contributed by atoms with Crippen LogP contribution >= 0.6 is 15.9 Å². The third-order valence-electron chi connectivity index (χ3n) is 6.34. The Morgan fingerprint density at radius 3 is 2.19 bits per heavy atom. The molecule has 2 amide bonds. The van der Waals surface area contributed by atoms with Crippen LogP contribution in [-0.4, -0.2) is 30.2 Å². The lowest BCUT2D eigenvalue weighted by Crippen LogP contribution is -2.34. The van der Waals surface area contributed by atoms with E-state index in [0.717, 1.165) is 15.8 Å². The maximum atomic E-state index is 13.1. The van der Waals surface area contributed by atoms with Crippen LogP contribution in [0, 0.1) is 23.7 Å². The number of carbonyl (C=O) groups excluding carboxylic acids is 4. The minimum Gasteiger partial charge on any atom is -0.454 e. The molecule has 2 aliphatic carbocycles. The van der Waals surface area contributed by atoms with Crippen molar-refractivity contribution in [3.05, 3.63) is 76.3 Å². The highest BCUT2D eigenvalue weighted by Crippen LogP contribution is 2.53. The molecule has 1 saturated heterocycles.